The summed E-state index contributed by atoms with van der Waals surface area (Å²) in [7, 11) is 2.08. The molecule has 1 aromatic carbocycles. The van der Waals surface area contributed by atoms with Crippen LogP contribution in [0.2, 0.25) is 0 Å². The summed E-state index contributed by atoms with van der Waals surface area (Å²) in [4.78, 5) is 17.9. The van der Waals surface area contributed by atoms with E-state index in [4.69, 9.17) is 9.47 Å². The zero-order chi connectivity index (χ0) is 18.8. The molecule has 2 aromatic rings. The fourth-order valence-corrected chi connectivity index (χ4v) is 4.41. The van der Waals surface area contributed by atoms with Crippen molar-refractivity contribution in [1.82, 2.24) is 9.88 Å². The van der Waals surface area contributed by atoms with E-state index in [0.717, 1.165) is 11.3 Å². The summed E-state index contributed by atoms with van der Waals surface area (Å²) in [5.74, 6) is 0.311. The van der Waals surface area contributed by atoms with E-state index in [1.807, 2.05) is 0 Å². The molecule has 0 saturated carbocycles. The Kier molecular flexibility index (Phi) is 5.53. The lowest BCUT2D eigenvalue weighted by Gasteiger charge is -2.11. The molecule has 0 aliphatic heterocycles. The van der Waals surface area contributed by atoms with Gasteiger partial charge in [-0.2, -0.15) is 0 Å². The molecule has 0 radical (unpaired) electrons. The standard InChI is InChI=1S/C15H19N3O5S2/c1-9-13(14(19)18(2)3)24-15(16-9)17-25(20,21)12-8-10(22-4)6-7-11(12)23-5/h6-8H,1-5H3,(H,16,17). The number of aryl methyl sites for hydroxylation is 1. The number of nitrogens with zero attached hydrogens (tertiary/aromatic N) is 2. The first-order chi connectivity index (χ1) is 11.7. The van der Waals surface area contributed by atoms with Gasteiger partial charge < -0.3 is 14.4 Å². The normalized spacial score (nSPS) is 11.1. The van der Waals surface area contributed by atoms with Crippen molar-refractivity contribution in [3.05, 3.63) is 28.8 Å². The number of aromatic nitrogens is 1. The van der Waals surface area contributed by atoms with Gasteiger partial charge in [-0.3, -0.25) is 9.52 Å². The van der Waals surface area contributed by atoms with Crippen LogP contribution in [0.5, 0.6) is 11.5 Å². The van der Waals surface area contributed by atoms with Gasteiger partial charge >= 0.3 is 0 Å². The Morgan fingerprint density at radius 2 is 1.92 bits per heavy atom. The molecule has 0 spiro atoms. The largest absolute Gasteiger partial charge is 0.497 e. The van der Waals surface area contributed by atoms with Crippen LogP contribution >= 0.6 is 11.3 Å². The molecule has 0 unspecified atom stereocenters. The van der Waals surface area contributed by atoms with Crippen LogP contribution in [0.25, 0.3) is 0 Å². The molecule has 8 nitrogen and oxygen atoms in total. The number of thiazole rings is 1. The molecule has 25 heavy (non-hydrogen) atoms. The summed E-state index contributed by atoms with van der Waals surface area (Å²) in [5.41, 5.74) is 0.457. The number of methoxy groups -OCH3 is 2. The maximum absolute atomic E-state index is 12.7. The van der Waals surface area contributed by atoms with Crippen molar-refractivity contribution in [3.63, 3.8) is 0 Å². The Bertz CT molecular complexity index is 891. The van der Waals surface area contributed by atoms with Crippen LogP contribution in [-0.2, 0) is 10.0 Å². The topological polar surface area (TPSA) is 97.8 Å². The first-order valence-electron chi connectivity index (χ1n) is 7.13. The smallest absolute Gasteiger partial charge is 0.267 e. The maximum Gasteiger partial charge on any atom is 0.267 e. The summed E-state index contributed by atoms with van der Waals surface area (Å²) in [5, 5.41) is 0.104. The highest BCUT2D eigenvalue weighted by Crippen LogP contribution is 2.31. The van der Waals surface area contributed by atoms with Crippen LogP contribution in [0.1, 0.15) is 15.4 Å². The minimum atomic E-state index is -3.97. The Hall–Kier alpha value is -2.33. The van der Waals surface area contributed by atoms with Crippen LogP contribution in [-0.4, -0.2) is 52.5 Å². The van der Waals surface area contributed by atoms with Crippen LogP contribution in [0.3, 0.4) is 0 Å². The number of anilines is 1. The Morgan fingerprint density at radius 3 is 2.48 bits per heavy atom. The van der Waals surface area contributed by atoms with Gasteiger partial charge in [-0.05, 0) is 19.1 Å². The van der Waals surface area contributed by atoms with E-state index in [1.165, 1.54) is 31.3 Å². The average molecular weight is 385 g/mol. The third-order valence-electron chi connectivity index (χ3n) is 3.28. The number of rotatable bonds is 6. The third kappa shape index (κ3) is 4.02. The molecule has 0 aliphatic carbocycles. The van der Waals surface area contributed by atoms with Crippen molar-refractivity contribution in [2.45, 2.75) is 11.8 Å². The van der Waals surface area contributed by atoms with Crippen molar-refractivity contribution in [2.75, 3.05) is 33.0 Å². The number of benzene rings is 1. The minimum absolute atomic E-state index is 0.0808. The number of hydrogen-bond acceptors (Lipinski definition) is 7. The van der Waals surface area contributed by atoms with E-state index in [0.29, 0.717) is 16.3 Å². The van der Waals surface area contributed by atoms with E-state index in [-0.39, 0.29) is 21.7 Å². The number of carbonyl (C=O) groups excluding carboxylic acids is 1. The molecule has 10 heteroatoms. The molecule has 1 aromatic heterocycles. The lowest BCUT2D eigenvalue weighted by atomic mass is 10.3. The van der Waals surface area contributed by atoms with Gasteiger partial charge in [0.05, 0.1) is 19.9 Å². The van der Waals surface area contributed by atoms with Gasteiger partial charge in [0.25, 0.3) is 15.9 Å². The van der Waals surface area contributed by atoms with Crippen LogP contribution < -0.4 is 14.2 Å². The van der Waals surface area contributed by atoms with Gasteiger partial charge in [0.15, 0.2) is 5.13 Å². The van der Waals surface area contributed by atoms with Gasteiger partial charge in [0, 0.05) is 20.2 Å². The highest BCUT2D eigenvalue weighted by molar-refractivity contribution is 7.93. The second kappa shape index (κ2) is 7.28. The van der Waals surface area contributed by atoms with E-state index in [2.05, 4.69) is 9.71 Å². The molecule has 0 bridgehead atoms. The van der Waals surface area contributed by atoms with Crippen LogP contribution in [0.15, 0.2) is 23.1 Å². The van der Waals surface area contributed by atoms with Gasteiger partial charge in [0.2, 0.25) is 0 Å². The summed E-state index contributed by atoms with van der Waals surface area (Å²) in [6.07, 6.45) is 0. The van der Waals surface area contributed by atoms with E-state index < -0.39 is 10.0 Å². The Labute approximate surface area is 150 Å². The van der Waals surface area contributed by atoms with E-state index >= 15 is 0 Å². The monoisotopic (exact) mass is 385 g/mol. The second-order valence-corrected chi connectivity index (χ2v) is 7.91. The SMILES string of the molecule is COc1ccc(OC)c(S(=O)(=O)Nc2nc(C)c(C(=O)N(C)C)s2)c1. The summed E-state index contributed by atoms with van der Waals surface area (Å²) >= 11 is 0.976. The van der Waals surface area contributed by atoms with Crippen molar-refractivity contribution < 1.29 is 22.7 Å². The molecule has 2 rings (SSSR count). The van der Waals surface area contributed by atoms with Gasteiger partial charge in [-0.15, -0.1) is 0 Å². The number of carbonyl (C=O) groups is 1. The van der Waals surface area contributed by atoms with Gasteiger partial charge in [0.1, 0.15) is 21.3 Å². The van der Waals surface area contributed by atoms with Crippen molar-refractivity contribution >= 4 is 32.4 Å². The number of amides is 1. The number of sulfonamides is 1. The fraction of sp³-hybridized carbons (Fsp3) is 0.333. The first kappa shape index (κ1) is 19.0. The maximum atomic E-state index is 12.7. The predicted molar refractivity (Wildman–Crippen MR) is 95.2 cm³/mol. The molecule has 0 atom stereocenters. The number of hydrogen-bond donors (Lipinski definition) is 1. The predicted octanol–water partition coefficient (Wildman–Crippen LogP) is 1.97. The quantitative estimate of drug-likeness (QED) is 0.816. The minimum Gasteiger partial charge on any atom is -0.497 e. The fourth-order valence-electron chi connectivity index (χ4n) is 2.01. The second-order valence-electron chi connectivity index (χ2n) is 5.26. The average Bonchev–Trinajstić information content (AvgIpc) is 2.92. The molecule has 136 valence electrons. The van der Waals surface area contributed by atoms with Crippen molar-refractivity contribution in [3.8, 4) is 11.5 Å². The Morgan fingerprint density at radius 1 is 1.24 bits per heavy atom. The van der Waals surface area contributed by atoms with E-state index in [1.54, 1.807) is 27.1 Å². The number of nitrogens with one attached hydrogen (secondary N) is 1. The van der Waals surface area contributed by atoms with Crippen LogP contribution in [0.4, 0.5) is 5.13 Å². The van der Waals surface area contributed by atoms with Crippen molar-refractivity contribution in [1.29, 1.82) is 0 Å². The lowest BCUT2D eigenvalue weighted by Crippen LogP contribution is -2.21. The van der Waals surface area contributed by atoms with Gasteiger partial charge in [-0.1, -0.05) is 11.3 Å². The van der Waals surface area contributed by atoms with Crippen molar-refractivity contribution in [2.24, 2.45) is 0 Å². The third-order valence-corrected chi connectivity index (χ3v) is 5.83. The number of ether oxygens (including phenoxy) is 2. The van der Waals surface area contributed by atoms with E-state index in [9.17, 15) is 13.2 Å². The lowest BCUT2D eigenvalue weighted by molar-refractivity contribution is 0.0831. The molecular formula is C15H19N3O5S2. The zero-order valence-corrected chi connectivity index (χ0v) is 16.1. The highest BCUT2D eigenvalue weighted by Gasteiger charge is 2.24. The molecule has 1 N–H and O–H groups in total. The zero-order valence-electron chi connectivity index (χ0n) is 14.5. The summed E-state index contributed by atoms with van der Waals surface area (Å²) < 4.78 is 38.0. The highest BCUT2D eigenvalue weighted by atomic mass is 32.2. The summed E-state index contributed by atoms with van der Waals surface area (Å²) in [6, 6.07) is 4.45. The van der Waals surface area contributed by atoms with Gasteiger partial charge in [-0.25, -0.2) is 13.4 Å². The first-order valence-corrected chi connectivity index (χ1v) is 9.43. The molecule has 1 heterocycles. The molecule has 0 saturated heterocycles. The molecule has 0 aliphatic rings. The Balaban J connectivity index is 2.40. The molecule has 1 amide bonds. The molecule has 0 fully saturated rings. The van der Waals surface area contributed by atoms with Crippen LogP contribution in [0, 0.1) is 6.92 Å². The summed E-state index contributed by atoms with van der Waals surface area (Å²) in [6.45, 7) is 1.65. The molecular weight excluding hydrogens is 366 g/mol.